The summed E-state index contributed by atoms with van der Waals surface area (Å²) in [6.45, 7) is 2.78. The standard InChI is InChI=1S/C13H22N2O3/c1-2-13(12(17)18)6-7-15(8-13)11(16)9-4-3-5-10(9)14/h9-10H,2-8,14H2,1H3,(H,17,18). The van der Waals surface area contributed by atoms with E-state index in [1.54, 1.807) is 4.90 Å². The minimum atomic E-state index is -0.781. The van der Waals surface area contributed by atoms with Crippen molar-refractivity contribution in [3.8, 4) is 0 Å². The van der Waals surface area contributed by atoms with Gasteiger partial charge in [-0.1, -0.05) is 13.3 Å². The van der Waals surface area contributed by atoms with Crippen LogP contribution in [-0.2, 0) is 9.59 Å². The molecule has 2 fully saturated rings. The first kappa shape index (κ1) is 13.3. The van der Waals surface area contributed by atoms with Crippen molar-refractivity contribution in [3.63, 3.8) is 0 Å². The van der Waals surface area contributed by atoms with Crippen molar-refractivity contribution in [2.24, 2.45) is 17.1 Å². The van der Waals surface area contributed by atoms with Gasteiger partial charge in [0.05, 0.1) is 11.3 Å². The van der Waals surface area contributed by atoms with Crippen molar-refractivity contribution in [3.05, 3.63) is 0 Å². The van der Waals surface area contributed by atoms with Crippen LogP contribution in [0.1, 0.15) is 39.0 Å². The smallest absolute Gasteiger partial charge is 0.311 e. The summed E-state index contributed by atoms with van der Waals surface area (Å²) in [5, 5.41) is 9.32. The van der Waals surface area contributed by atoms with Gasteiger partial charge in [-0.2, -0.15) is 0 Å². The van der Waals surface area contributed by atoms with Crippen LogP contribution in [0.25, 0.3) is 0 Å². The summed E-state index contributed by atoms with van der Waals surface area (Å²) in [6.07, 6.45) is 3.89. The molecule has 5 nitrogen and oxygen atoms in total. The van der Waals surface area contributed by atoms with E-state index in [9.17, 15) is 14.7 Å². The van der Waals surface area contributed by atoms with E-state index < -0.39 is 11.4 Å². The summed E-state index contributed by atoms with van der Waals surface area (Å²) in [5.41, 5.74) is 5.21. The SMILES string of the molecule is CCC1(C(=O)O)CCN(C(=O)C2CCCC2N)C1. The van der Waals surface area contributed by atoms with Gasteiger partial charge in [-0.3, -0.25) is 9.59 Å². The van der Waals surface area contributed by atoms with E-state index in [-0.39, 0.29) is 17.9 Å². The summed E-state index contributed by atoms with van der Waals surface area (Å²) in [4.78, 5) is 25.4. The van der Waals surface area contributed by atoms with Crippen molar-refractivity contribution in [2.45, 2.75) is 45.1 Å². The highest BCUT2D eigenvalue weighted by Crippen LogP contribution is 2.36. The molecule has 1 saturated heterocycles. The highest BCUT2D eigenvalue weighted by Gasteiger charge is 2.46. The Bertz CT molecular complexity index is 358. The lowest BCUT2D eigenvalue weighted by Crippen LogP contribution is -2.42. The molecule has 18 heavy (non-hydrogen) atoms. The maximum absolute atomic E-state index is 12.3. The minimum absolute atomic E-state index is 0.0426. The van der Waals surface area contributed by atoms with Gasteiger partial charge in [0.2, 0.25) is 5.91 Å². The van der Waals surface area contributed by atoms with Crippen LogP contribution in [-0.4, -0.2) is 41.0 Å². The number of amides is 1. The van der Waals surface area contributed by atoms with Gasteiger partial charge in [0.25, 0.3) is 0 Å². The van der Waals surface area contributed by atoms with Gasteiger partial charge in [0.1, 0.15) is 0 Å². The first-order valence-electron chi connectivity index (χ1n) is 6.78. The van der Waals surface area contributed by atoms with Crippen molar-refractivity contribution >= 4 is 11.9 Å². The third-order valence-corrected chi connectivity index (χ3v) is 4.68. The fraction of sp³-hybridized carbons (Fsp3) is 0.846. The molecule has 102 valence electrons. The molecule has 0 spiro atoms. The molecule has 0 aromatic carbocycles. The fourth-order valence-corrected chi connectivity index (χ4v) is 3.20. The highest BCUT2D eigenvalue weighted by molar-refractivity contribution is 5.82. The predicted molar refractivity (Wildman–Crippen MR) is 66.9 cm³/mol. The summed E-state index contributed by atoms with van der Waals surface area (Å²) in [6, 6.07) is -0.0426. The molecular formula is C13H22N2O3. The van der Waals surface area contributed by atoms with E-state index in [2.05, 4.69) is 0 Å². The van der Waals surface area contributed by atoms with Crippen molar-refractivity contribution in [2.75, 3.05) is 13.1 Å². The van der Waals surface area contributed by atoms with E-state index in [4.69, 9.17) is 5.73 Å². The Morgan fingerprint density at radius 1 is 1.44 bits per heavy atom. The second-order valence-electron chi connectivity index (χ2n) is 5.65. The van der Waals surface area contributed by atoms with Crippen molar-refractivity contribution in [1.82, 2.24) is 4.90 Å². The average molecular weight is 254 g/mol. The molecule has 2 aliphatic rings. The van der Waals surface area contributed by atoms with Gasteiger partial charge in [-0.15, -0.1) is 0 Å². The Morgan fingerprint density at radius 2 is 2.17 bits per heavy atom. The Balaban J connectivity index is 2.04. The monoisotopic (exact) mass is 254 g/mol. The molecule has 3 unspecified atom stereocenters. The Hall–Kier alpha value is -1.10. The van der Waals surface area contributed by atoms with Crippen LogP contribution in [0, 0.1) is 11.3 Å². The molecule has 0 aromatic heterocycles. The van der Waals surface area contributed by atoms with Gasteiger partial charge in [0.15, 0.2) is 0 Å². The van der Waals surface area contributed by atoms with Gasteiger partial charge >= 0.3 is 5.97 Å². The maximum Gasteiger partial charge on any atom is 0.311 e. The van der Waals surface area contributed by atoms with E-state index in [1.807, 2.05) is 6.92 Å². The van der Waals surface area contributed by atoms with E-state index in [0.29, 0.717) is 25.9 Å². The number of carbonyl (C=O) groups is 2. The van der Waals surface area contributed by atoms with Crippen LogP contribution in [0.3, 0.4) is 0 Å². The Labute approximate surface area is 107 Å². The number of likely N-dealkylation sites (tertiary alicyclic amines) is 1. The largest absolute Gasteiger partial charge is 0.481 e. The zero-order valence-electron chi connectivity index (χ0n) is 10.9. The topological polar surface area (TPSA) is 83.6 Å². The molecule has 1 aliphatic heterocycles. The van der Waals surface area contributed by atoms with Gasteiger partial charge in [-0.25, -0.2) is 0 Å². The van der Waals surface area contributed by atoms with Crippen molar-refractivity contribution in [1.29, 1.82) is 0 Å². The minimum Gasteiger partial charge on any atom is -0.481 e. The second-order valence-corrected chi connectivity index (χ2v) is 5.65. The molecule has 3 atom stereocenters. The normalized spacial score (nSPS) is 36.0. The molecule has 1 saturated carbocycles. The van der Waals surface area contributed by atoms with Gasteiger partial charge in [0, 0.05) is 19.1 Å². The second kappa shape index (κ2) is 4.88. The van der Waals surface area contributed by atoms with E-state index >= 15 is 0 Å². The third-order valence-electron chi connectivity index (χ3n) is 4.68. The number of carbonyl (C=O) groups excluding carboxylic acids is 1. The molecule has 0 aromatic rings. The van der Waals surface area contributed by atoms with Gasteiger partial charge < -0.3 is 15.7 Å². The third kappa shape index (κ3) is 2.11. The maximum atomic E-state index is 12.3. The van der Waals surface area contributed by atoms with Crippen LogP contribution in [0.2, 0.25) is 0 Å². The lowest BCUT2D eigenvalue weighted by Gasteiger charge is -2.26. The lowest BCUT2D eigenvalue weighted by atomic mass is 9.84. The Kier molecular flexibility index (Phi) is 3.61. The summed E-state index contributed by atoms with van der Waals surface area (Å²) in [7, 11) is 0. The van der Waals surface area contributed by atoms with Gasteiger partial charge in [-0.05, 0) is 25.7 Å². The van der Waals surface area contributed by atoms with Crippen LogP contribution < -0.4 is 5.73 Å². The average Bonchev–Trinajstić information content (AvgIpc) is 2.95. The summed E-state index contributed by atoms with van der Waals surface area (Å²) >= 11 is 0. The zero-order valence-corrected chi connectivity index (χ0v) is 10.9. The molecule has 0 radical (unpaired) electrons. The molecule has 1 aliphatic carbocycles. The van der Waals surface area contributed by atoms with E-state index in [0.717, 1.165) is 19.3 Å². The highest BCUT2D eigenvalue weighted by atomic mass is 16.4. The summed E-state index contributed by atoms with van der Waals surface area (Å²) < 4.78 is 0. The van der Waals surface area contributed by atoms with Crippen LogP contribution in [0.15, 0.2) is 0 Å². The lowest BCUT2D eigenvalue weighted by molar-refractivity contribution is -0.149. The number of carboxylic acid groups (broad SMARTS) is 1. The number of aliphatic carboxylic acids is 1. The molecule has 2 rings (SSSR count). The number of hydrogen-bond donors (Lipinski definition) is 2. The van der Waals surface area contributed by atoms with Crippen LogP contribution in [0.4, 0.5) is 0 Å². The molecule has 3 N–H and O–H groups in total. The molecule has 1 amide bonds. The molecular weight excluding hydrogens is 232 g/mol. The first-order valence-corrected chi connectivity index (χ1v) is 6.78. The van der Waals surface area contributed by atoms with Crippen molar-refractivity contribution < 1.29 is 14.7 Å². The summed E-state index contributed by atoms with van der Waals surface area (Å²) in [5.74, 6) is -0.806. The molecule has 5 heteroatoms. The quantitative estimate of drug-likeness (QED) is 0.781. The van der Waals surface area contributed by atoms with Crippen LogP contribution in [0.5, 0.6) is 0 Å². The number of nitrogens with zero attached hydrogens (tertiary/aromatic N) is 1. The van der Waals surface area contributed by atoms with E-state index in [1.165, 1.54) is 0 Å². The van der Waals surface area contributed by atoms with Crippen LogP contribution >= 0.6 is 0 Å². The fourth-order valence-electron chi connectivity index (χ4n) is 3.20. The zero-order chi connectivity index (χ0) is 13.3. The number of rotatable bonds is 3. The predicted octanol–water partition coefficient (Wildman–Crippen LogP) is 0.827. The number of nitrogens with two attached hydrogens (primary N) is 1. The first-order chi connectivity index (χ1) is 8.50. The molecule has 1 heterocycles. The number of carboxylic acids is 1. The molecule has 0 bridgehead atoms. The number of hydrogen-bond acceptors (Lipinski definition) is 3. The Morgan fingerprint density at radius 3 is 2.61 bits per heavy atom.